The van der Waals surface area contributed by atoms with Gasteiger partial charge in [0, 0.05) is 31.8 Å². The lowest BCUT2D eigenvalue weighted by Gasteiger charge is -2.26. The molecule has 1 aliphatic rings. The largest absolute Gasteiger partial charge is 0.488 e. The van der Waals surface area contributed by atoms with Crippen molar-refractivity contribution in [3.05, 3.63) is 48.4 Å². The van der Waals surface area contributed by atoms with E-state index in [4.69, 9.17) is 14.2 Å². The van der Waals surface area contributed by atoms with Crippen molar-refractivity contribution < 1.29 is 19.0 Å². The number of ether oxygens (including phenoxy) is 3. The summed E-state index contributed by atoms with van der Waals surface area (Å²) in [5.74, 6) is 2.68. The molecule has 1 N–H and O–H groups in total. The molecule has 2 aromatic heterocycles. The van der Waals surface area contributed by atoms with Gasteiger partial charge in [-0.05, 0) is 37.3 Å². The fourth-order valence-corrected chi connectivity index (χ4v) is 3.71. The van der Waals surface area contributed by atoms with Gasteiger partial charge in [0.15, 0.2) is 11.6 Å². The van der Waals surface area contributed by atoms with Gasteiger partial charge in [0.05, 0.1) is 38.7 Å². The van der Waals surface area contributed by atoms with E-state index in [-0.39, 0.29) is 12.0 Å². The second-order valence-corrected chi connectivity index (χ2v) is 7.80. The van der Waals surface area contributed by atoms with E-state index >= 15 is 0 Å². The number of carbonyl (C=O) groups excluding carboxylic acids is 1. The Morgan fingerprint density at radius 2 is 1.94 bits per heavy atom. The molecular formula is C23H28N6O4. The first-order valence-corrected chi connectivity index (χ1v) is 10.8. The van der Waals surface area contributed by atoms with E-state index < -0.39 is 0 Å². The van der Waals surface area contributed by atoms with Crippen molar-refractivity contribution in [2.24, 2.45) is 0 Å². The smallest absolute Gasteiger partial charge is 0.234 e. The summed E-state index contributed by atoms with van der Waals surface area (Å²) in [7, 11) is 3.23. The normalized spacial score (nSPS) is 15.2. The van der Waals surface area contributed by atoms with Gasteiger partial charge in [0.2, 0.25) is 11.8 Å². The second-order valence-electron chi connectivity index (χ2n) is 7.80. The molecule has 1 aromatic carbocycles. The molecule has 3 heterocycles. The third kappa shape index (κ3) is 5.47. The fourth-order valence-electron chi connectivity index (χ4n) is 3.71. The maximum Gasteiger partial charge on any atom is 0.234 e. The van der Waals surface area contributed by atoms with Crippen molar-refractivity contribution in [1.29, 1.82) is 0 Å². The van der Waals surface area contributed by atoms with Gasteiger partial charge in [-0.25, -0.2) is 4.98 Å². The molecule has 0 bridgehead atoms. The van der Waals surface area contributed by atoms with E-state index in [1.165, 1.54) is 0 Å². The minimum Gasteiger partial charge on any atom is -0.488 e. The Morgan fingerprint density at radius 3 is 2.61 bits per heavy atom. The minimum absolute atomic E-state index is 0.0111. The SMILES string of the molecule is COC[C@H](C)Oc1ccc(-c2nnc(CN3CCNC(=O)C3)n2-c2ccc(OC)nc2)cc1. The molecule has 0 unspecified atom stereocenters. The number of benzene rings is 1. The van der Waals surface area contributed by atoms with E-state index in [0.29, 0.717) is 37.9 Å². The zero-order valence-electron chi connectivity index (χ0n) is 19.0. The highest BCUT2D eigenvalue weighted by Crippen LogP contribution is 2.26. The molecule has 1 aliphatic heterocycles. The van der Waals surface area contributed by atoms with Crippen molar-refractivity contribution >= 4 is 5.91 Å². The number of carbonyl (C=O) groups is 1. The van der Waals surface area contributed by atoms with Gasteiger partial charge in [-0.3, -0.25) is 14.3 Å². The number of rotatable bonds is 9. The lowest BCUT2D eigenvalue weighted by Crippen LogP contribution is -2.47. The van der Waals surface area contributed by atoms with E-state index in [1.54, 1.807) is 26.5 Å². The molecular weight excluding hydrogens is 424 g/mol. The van der Waals surface area contributed by atoms with Crippen LogP contribution >= 0.6 is 0 Å². The number of amides is 1. The number of hydrogen-bond donors (Lipinski definition) is 1. The van der Waals surface area contributed by atoms with E-state index in [0.717, 1.165) is 29.4 Å². The number of methoxy groups -OCH3 is 2. The molecule has 0 spiro atoms. The summed E-state index contributed by atoms with van der Waals surface area (Å²) in [4.78, 5) is 18.2. The number of hydrogen-bond acceptors (Lipinski definition) is 8. The Bertz CT molecular complexity index is 1070. The van der Waals surface area contributed by atoms with Crippen LogP contribution in [0.15, 0.2) is 42.6 Å². The van der Waals surface area contributed by atoms with E-state index in [1.807, 2.05) is 46.7 Å². The zero-order chi connectivity index (χ0) is 23.2. The van der Waals surface area contributed by atoms with Crippen LogP contribution in [0.2, 0.25) is 0 Å². The van der Waals surface area contributed by atoms with E-state index in [2.05, 4.69) is 20.5 Å². The highest BCUT2D eigenvalue weighted by atomic mass is 16.5. The fraction of sp³-hybridized carbons (Fsp3) is 0.391. The highest BCUT2D eigenvalue weighted by Gasteiger charge is 2.22. The van der Waals surface area contributed by atoms with Crippen LogP contribution in [0.5, 0.6) is 11.6 Å². The number of aromatic nitrogens is 4. The first-order chi connectivity index (χ1) is 16.1. The van der Waals surface area contributed by atoms with Crippen LogP contribution in [0.1, 0.15) is 12.7 Å². The summed E-state index contributed by atoms with van der Waals surface area (Å²) in [5.41, 5.74) is 1.69. The molecule has 174 valence electrons. The van der Waals surface area contributed by atoms with Gasteiger partial charge < -0.3 is 19.5 Å². The summed E-state index contributed by atoms with van der Waals surface area (Å²) in [6.07, 6.45) is 1.67. The van der Waals surface area contributed by atoms with E-state index in [9.17, 15) is 4.79 Å². The maximum atomic E-state index is 11.8. The lowest BCUT2D eigenvalue weighted by atomic mass is 10.2. The van der Waals surface area contributed by atoms with Crippen LogP contribution in [0.25, 0.3) is 17.1 Å². The van der Waals surface area contributed by atoms with Crippen molar-refractivity contribution in [3.8, 4) is 28.7 Å². The second kappa shape index (κ2) is 10.4. The average Bonchev–Trinajstić information content (AvgIpc) is 3.23. The Balaban J connectivity index is 1.65. The van der Waals surface area contributed by atoms with Gasteiger partial charge in [0.25, 0.3) is 0 Å². The number of nitrogens with zero attached hydrogens (tertiary/aromatic N) is 5. The first kappa shape index (κ1) is 22.7. The van der Waals surface area contributed by atoms with Crippen LogP contribution in [0.3, 0.4) is 0 Å². The number of piperazine rings is 1. The third-order valence-corrected chi connectivity index (χ3v) is 5.25. The number of nitrogens with one attached hydrogen (secondary N) is 1. The van der Waals surface area contributed by atoms with Gasteiger partial charge in [-0.15, -0.1) is 10.2 Å². The Morgan fingerprint density at radius 1 is 1.12 bits per heavy atom. The summed E-state index contributed by atoms with van der Waals surface area (Å²) in [5, 5.41) is 11.8. The van der Waals surface area contributed by atoms with Crippen molar-refractivity contribution in [2.75, 3.05) is 40.5 Å². The van der Waals surface area contributed by atoms with Crippen LogP contribution < -0.4 is 14.8 Å². The van der Waals surface area contributed by atoms with Crippen LogP contribution in [-0.2, 0) is 16.1 Å². The van der Waals surface area contributed by atoms with Crippen molar-refractivity contribution in [1.82, 2.24) is 30.0 Å². The summed E-state index contributed by atoms with van der Waals surface area (Å²) >= 11 is 0. The first-order valence-electron chi connectivity index (χ1n) is 10.8. The maximum absolute atomic E-state index is 11.8. The molecule has 4 rings (SSSR count). The summed E-state index contributed by atoms with van der Waals surface area (Å²) in [6, 6.07) is 11.4. The quantitative estimate of drug-likeness (QED) is 0.523. The molecule has 0 saturated carbocycles. The molecule has 1 saturated heterocycles. The van der Waals surface area contributed by atoms with Crippen LogP contribution in [0, 0.1) is 0 Å². The zero-order valence-corrected chi connectivity index (χ0v) is 19.0. The molecule has 3 aromatic rings. The average molecular weight is 453 g/mol. The summed E-state index contributed by atoms with van der Waals surface area (Å²) < 4.78 is 18.2. The molecule has 33 heavy (non-hydrogen) atoms. The van der Waals surface area contributed by atoms with Gasteiger partial charge in [-0.1, -0.05) is 0 Å². The van der Waals surface area contributed by atoms with Gasteiger partial charge in [-0.2, -0.15) is 0 Å². The molecule has 1 amide bonds. The van der Waals surface area contributed by atoms with Crippen LogP contribution in [-0.4, -0.2) is 77.1 Å². The predicted molar refractivity (Wildman–Crippen MR) is 121 cm³/mol. The van der Waals surface area contributed by atoms with Gasteiger partial charge >= 0.3 is 0 Å². The standard InChI is InChI=1S/C23H28N6O4/c1-16(15-31-2)33-19-7-4-17(5-8-19)23-27-26-20(13-28-11-10-24-21(30)14-28)29(23)18-6-9-22(32-3)25-12-18/h4-9,12,16H,10-11,13-15H2,1-3H3,(H,24,30)/t16-/m0/s1. The molecule has 0 aliphatic carbocycles. The van der Waals surface area contributed by atoms with Crippen molar-refractivity contribution in [3.63, 3.8) is 0 Å². The van der Waals surface area contributed by atoms with Crippen molar-refractivity contribution in [2.45, 2.75) is 19.6 Å². The third-order valence-electron chi connectivity index (χ3n) is 5.25. The lowest BCUT2D eigenvalue weighted by molar-refractivity contribution is -0.124. The molecule has 10 nitrogen and oxygen atoms in total. The van der Waals surface area contributed by atoms with Crippen LogP contribution in [0.4, 0.5) is 0 Å². The monoisotopic (exact) mass is 452 g/mol. The number of pyridine rings is 1. The minimum atomic E-state index is -0.0526. The Hall–Kier alpha value is -3.50. The topological polar surface area (TPSA) is 104 Å². The Labute approximate surface area is 192 Å². The Kier molecular flexibility index (Phi) is 7.16. The molecule has 1 fully saturated rings. The molecule has 0 radical (unpaired) electrons. The molecule has 10 heteroatoms. The highest BCUT2D eigenvalue weighted by molar-refractivity contribution is 5.78. The summed E-state index contributed by atoms with van der Waals surface area (Å²) in [6.45, 7) is 4.65. The molecule has 1 atom stereocenters. The predicted octanol–water partition coefficient (Wildman–Crippen LogP) is 1.68. The van der Waals surface area contributed by atoms with Gasteiger partial charge in [0.1, 0.15) is 11.9 Å².